The van der Waals surface area contributed by atoms with E-state index in [-0.39, 0.29) is 25.3 Å². The number of hydrogen-bond donors (Lipinski definition) is 2. The van der Waals surface area contributed by atoms with Crippen LogP contribution in [0.15, 0.2) is 0 Å². The van der Waals surface area contributed by atoms with E-state index in [1.54, 1.807) is 7.11 Å². The lowest BCUT2D eigenvalue weighted by molar-refractivity contribution is -0.153. The van der Waals surface area contributed by atoms with Crippen molar-refractivity contribution in [3.63, 3.8) is 0 Å². The van der Waals surface area contributed by atoms with E-state index < -0.39 is 23.7 Å². The van der Waals surface area contributed by atoms with Gasteiger partial charge in [-0.2, -0.15) is 0 Å². The van der Waals surface area contributed by atoms with Crippen molar-refractivity contribution in [2.75, 3.05) is 13.7 Å². The van der Waals surface area contributed by atoms with Gasteiger partial charge in [-0.25, -0.2) is 4.79 Å². The third-order valence-corrected chi connectivity index (χ3v) is 4.06. The highest BCUT2D eigenvalue weighted by Gasteiger charge is 2.44. The van der Waals surface area contributed by atoms with Crippen molar-refractivity contribution in [3.05, 3.63) is 0 Å². The summed E-state index contributed by atoms with van der Waals surface area (Å²) in [5.41, 5.74) is -0.409. The normalized spacial score (nSPS) is 30.0. The molecule has 0 aromatic heterocycles. The first-order chi connectivity index (χ1) is 8.47. The number of carboxylic acids is 1. The van der Waals surface area contributed by atoms with Gasteiger partial charge in [0.25, 0.3) is 0 Å². The number of nitrogens with zero attached hydrogens (tertiary/aromatic N) is 1. The summed E-state index contributed by atoms with van der Waals surface area (Å²) in [6.45, 7) is 0.107. The molecule has 6 heteroatoms. The molecule has 18 heavy (non-hydrogen) atoms. The number of aliphatic hydroxyl groups excluding tert-OH is 1. The van der Waals surface area contributed by atoms with E-state index in [0.717, 1.165) is 19.3 Å². The molecule has 2 aliphatic rings. The summed E-state index contributed by atoms with van der Waals surface area (Å²) in [5, 5.41) is 18.5. The summed E-state index contributed by atoms with van der Waals surface area (Å²) in [7, 11) is 1.58. The van der Waals surface area contributed by atoms with Gasteiger partial charge < -0.3 is 19.8 Å². The minimum atomic E-state index is -1.06. The molecule has 2 N–H and O–H groups in total. The van der Waals surface area contributed by atoms with Gasteiger partial charge in [-0.1, -0.05) is 0 Å². The average molecular weight is 257 g/mol. The number of methoxy groups -OCH3 is 1. The SMILES string of the molecule is COC1(CC(=O)N2CC(O)C[C@H]2C(=O)O)CCC1. The molecule has 1 saturated heterocycles. The van der Waals surface area contributed by atoms with Crippen molar-refractivity contribution >= 4 is 11.9 Å². The molecule has 0 aromatic rings. The van der Waals surface area contributed by atoms with E-state index in [4.69, 9.17) is 9.84 Å². The standard InChI is InChI=1S/C12H19NO5/c1-18-12(3-2-4-12)6-10(15)13-7-8(14)5-9(13)11(16)17/h8-9,14H,2-7H2,1H3,(H,16,17)/t8?,9-/m0/s1. The maximum Gasteiger partial charge on any atom is 0.326 e. The monoisotopic (exact) mass is 257 g/mol. The van der Waals surface area contributed by atoms with Crippen molar-refractivity contribution in [2.24, 2.45) is 0 Å². The third kappa shape index (κ3) is 2.35. The van der Waals surface area contributed by atoms with Crippen LogP contribution in [-0.4, -0.2) is 58.4 Å². The number of carbonyl (C=O) groups is 2. The van der Waals surface area contributed by atoms with Gasteiger partial charge in [-0.05, 0) is 19.3 Å². The molecule has 0 aromatic carbocycles. The second-order valence-corrected chi connectivity index (χ2v) is 5.21. The first-order valence-corrected chi connectivity index (χ1v) is 6.23. The molecule has 2 atom stereocenters. The summed E-state index contributed by atoms with van der Waals surface area (Å²) < 4.78 is 5.37. The molecule has 1 amide bonds. The van der Waals surface area contributed by atoms with Crippen molar-refractivity contribution in [1.82, 2.24) is 4.90 Å². The molecule has 2 fully saturated rings. The molecule has 1 heterocycles. The molecule has 1 unspecified atom stereocenters. The second kappa shape index (κ2) is 4.85. The Bertz CT molecular complexity index is 347. The summed E-state index contributed by atoms with van der Waals surface area (Å²) in [6.07, 6.45) is 2.29. The van der Waals surface area contributed by atoms with Crippen LogP contribution in [0.3, 0.4) is 0 Å². The van der Waals surface area contributed by atoms with Gasteiger partial charge in [0.05, 0.1) is 18.1 Å². The van der Waals surface area contributed by atoms with Crippen LogP contribution in [0.1, 0.15) is 32.1 Å². The minimum absolute atomic E-state index is 0.107. The van der Waals surface area contributed by atoms with E-state index in [1.807, 2.05) is 0 Å². The fraction of sp³-hybridized carbons (Fsp3) is 0.833. The molecule has 1 aliphatic heterocycles. The van der Waals surface area contributed by atoms with E-state index in [2.05, 4.69) is 0 Å². The third-order valence-electron chi connectivity index (χ3n) is 4.06. The number of amides is 1. The highest BCUT2D eigenvalue weighted by molar-refractivity contribution is 5.85. The van der Waals surface area contributed by atoms with Crippen LogP contribution in [0, 0.1) is 0 Å². The van der Waals surface area contributed by atoms with E-state index in [0.29, 0.717) is 0 Å². The van der Waals surface area contributed by atoms with Crippen LogP contribution in [0.5, 0.6) is 0 Å². The van der Waals surface area contributed by atoms with Crippen LogP contribution in [0.2, 0.25) is 0 Å². The maximum absolute atomic E-state index is 12.1. The van der Waals surface area contributed by atoms with Gasteiger partial charge in [-0.15, -0.1) is 0 Å². The Kier molecular flexibility index (Phi) is 3.59. The number of carbonyl (C=O) groups excluding carboxylic acids is 1. The predicted octanol–water partition coefficient (Wildman–Crippen LogP) is -0.00800. The zero-order chi connectivity index (χ0) is 13.3. The Morgan fingerprint density at radius 1 is 1.44 bits per heavy atom. The summed E-state index contributed by atoms with van der Waals surface area (Å²) in [4.78, 5) is 24.5. The Balaban J connectivity index is 2.01. The molecule has 2 rings (SSSR count). The molecular formula is C12H19NO5. The number of aliphatic carboxylic acids is 1. The molecule has 0 radical (unpaired) electrons. The first-order valence-electron chi connectivity index (χ1n) is 6.23. The number of carboxylic acid groups (broad SMARTS) is 1. The van der Waals surface area contributed by atoms with E-state index in [9.17, 15) is 14.7 Å². The highest BCUT2D eigenvalue weighted by Crippen LogP contribution is 2.39. The number of ether oxygens (including phenoxy) is 1. The lowest BCUT2D eigenvalue weighted by atomic mass is 9.77. The lowest BCUT2D eigenvalue weighted by Gasteiger charge is -2.41. The van der Waals surface area contributed by atoms with Crippen molar-refractivity contribution < 1.29 is 24.5 Å². The van der Waals surface area contributed by atoms with Crippen LogP contribution in [-0.2, 0) is 14.3 Å². The van der Waals surface area contributed by atoms with Crippen molar-refractivity contribution in [3.8, 4) is 0 Å². The highest BCUT2D eigenvalue weighted by atomic mass is 16.5. The smallest absolute Gasteiger partial charge is 0.326 e. The van der Waals surface area contributed by atoms with Gasteiger partial charge in [0, 0.05) is 20.1 Å². The van der Waals surface area contributed by atoms with Crippen molar-refractivity contribution in [1.29, 1.82) is 0 Å². The molecular weight excluding hydrogens is 238 g/mol. The average Bonchev–Trinajstić information content (AvgIpc) is 2.66. The molecule has 1 saturated carbocycles. The predicted molar refractivity (Wildman–Crippen MR) is 62.0 cm³/mol. The van der Waals surface area contributed by atoms with Crippen LogP contribution >= 0.6 is 0 Å². The lowest BCUT2D eigenvalue weighted by Crippen LogP contribution is -2.48. The van der Waals surface area contributed by atoms with Crippen LogP contribution < -0.4 is 0 Å². The van der Waals surface area contributed by atoms with Crippen molar-refractivity contribution in [2.45, 2.75) is 49.9 Å². The van der Waals surface area contributed by atoms with Gasteiger partial charge >= 0.3 is 5.97 Å². The fourth-order valence-electron chi connectivity index (χ4n) is 2.72. The zero-order valence-electron chi connectivity index (χ0n) is 10.5. The number of aliphatic hydroxyl groups is 1. The molecule has 102 valence electrons. The van der Waals surface area contributed by atoms with Gasteiger partial charge in [0.1, 0.15) is 6.04 Å². The van der Waals surface area contributed by atoms with Crippen LogP contribution in [0.4, 0.5) is 0 Å². The second-order valence-electron chi connectivity index (χ2n) is 5.21. The summed E-state index contributed by atoms with van der Waals surface area (Å²) in [6, 6.07) is -0.901. The Morgan fingerprint density at radius 3 is 2.56 bits per heavy atom. The Morgan fingerprint density at radius 2 is 2.11 bits per heavy atom. The van der Waals surface area contributed by atoms with E-state index in [1.165, 1.54) is 4.90 Å². The van der Waals surface area contributed by atoms with Crippen LogP contribution in [0.25, 0.3) is 0 Å². The number of β-amino-alcohol motifs (C(OH)–C–C–N with tert-alkyl or cyclic N) is 1. The topological polar surface area (TPSA) is 87.1 Å². The Labute approximate surface area is 106 Å². The molecule has 0 bridgehead atoms. The minimum Gasteiger partial charge on any atom is -0.480 e. The molecule has 1 aliphatic carbocycles. The summed E-state index contributed by atoms with van der Waals surface area (Å²) in [5.74, 6) is -1.29. The largest absolute Gasteiger partial charge is 0.480 e. The van der Waals surface area contributed by atoms with Gasteiger partial charge in [0.15, 0.2) is 0 Å². The maximum atomic E-state index is 12.1. The van der Waals surface area contributed by atoms with Gasteiger partial charge in [-0.3, -0.25) is 4.79 Å². The van der Waals surface area contributed by atoms with E-state index >= 15 is 0 Å². The molecule has 6 nitrogen and oxygen atoms in total. The number of likely N-dealkylation sites (tertiary alicyclic amines) is 1. The fourth-order valence-corrected chi connectivity index (χ4v) is 2.72. The van der Waals surface area contributed by atoms with Gasteiger partial charge in [0.2, 0.25) is 5.91 Å². The zero-order valence-corrected chi connectivity index (χ0v) is 10.5. The first kappa shape index (κ1) is 13.3. The Hall–Kier alpha value is -1.14. The number of rotatable bonds is 4. The molecule has 0 spiro atoms. The summed E-state index contributed by atoms with van der Waals surface area (Å²) >= 11 is 0. The quantitative estimate of drug-likeness (QED) is 0.739. The number of hydrogen-bond acceptors (Lipinski definition) is 4.